The molecule has 0 unspecified atom stereocenters. The van der Waals surface area contributed by atoms with E-state index >= 15 is 0 Å². The highest BCUT2D eigenvalue weighted by Crippen LogP contribution is 2.02. The summed E-state index contributed by atoms with van der Waals surface area (Å²) in [5.41, 5.74) is 6.18. The van der Waals surface area contributed by atoms with E-state index in [1.165, 1.54) is 26.3 Å². The fraction of sp³-hybridized carbons (Fsp3) is 0.167. The van der Waals surface area contributed by atoms with Crippen molar-refractivity contribution in [3.05, 3.63) is 35.4 Å². The average molecular weight is 246 g/mol. The number of nitrogens with one attached hydrogen (secondary N) is 2. The molecule has 0 aromatic heterocycles. The Morgan fingerprint density at radius 1 is 0.944 bits per heavy atom. The van der Waals surface area contributed by atoms with E-state index in [1.807, 2.05) is 24.3 Å². The van der Waals surface area contributed by atoms with Crippen molar-refractivity contribution in [3.8, 4) is 0 Å². The molecular formula is C12H14N4O2. The molecule has 0 aliphatic rings. The number of nitrogens with zero attached hydrogens (tertiary/aromatic N) is 2. The molecule has 1 aromatic carbocycles. The van der Waals surface area contributed by atoms with Gasteiger partial charge in [0.05, 0.1) is 12.4 Å². The van der Waals surface area contributed by atoms with Crippen molar-refractivity contribution >= 4 is 24.2 Å². The van der Waals surface area contributed by atoms with Crippen LogP contribution in [0.15, 0.2) is 34.5 Å². The van der Waals surface area contributed by atoms with E-state index in [4.69, 9.17) is 0 Å². The van der Waals surface area contributed by atoms with E-state index in [-0.39, 0.29) is 11.8 Å². The first-order valence-corrected chi connectivity index (χ1v) is 5.28. The van der Waals surface area contributed by atoms with Crippen LogP contribution < -0.4 is 10.9 Å². The third-order valence-corrected chi connectivity index (χ3v) is 1.85. The van der Waals surface area contributed by atoms with Crippen LogP contribution in [-0.2, 0) is 9.59 Å². The summed E-state index contributed by atoms with van der Waals surface area (Å²) in [5, 5.41) is 7.54. The molecule has 94 valence electrons. The van der Waals surface area contributed by atoms with Gasteiger partial charge in [-0.2, -0.15) is 10.2 Å². The Kier molecular flexibility index (Phi) is 5.24. The molecule has 0 aliphatic carbocycles. The van der Waals surface area contributed by atoms with E-state index < -0.39 is 0 Å². The first kappa shape index (κ1) is 13.6. The summed E-state index contributed by atoms with van der Waals surface area (Å²) in [6.45, 7) is 2.75. The van der Waals surface area contributed by atoms with Crippen LogP contribution in [-0.4, -0.2) is 24.2 Å². The van der Waals surface area contributed by atoms with Gasteiger partial charge in [-0.25, -0.2) is 10.9 Å². The summed E-state index contributed by atoms with van der Waals surface area (Å²) in [6, 6.07) is 7.32. The van der Waals surface area contributed by atoms with Gasteiger partial charge in [-0.05, 0) is 0 Å². The molecule has 2 N–H and O–H groups in total. The maximum Gasteiger partial charge on any atom is 0.236 e. The Labute approximate surface area is 105 Å². The van der Waals surface area contributed by atoms with Gasteiger partial charge in [0.1, 0.15) is 0 Å². The SMILES string of the molecule is CC(=O)NN=Cc1ccccc1C=NNC(C)=O. The van der Waals surface area contributed by atoms with Crippen LogP contribution in [0.1, 0.15) is 25.0 Å². The molecule has 2 amide bonds. The van der Waals surface area contributed by atoms with Crippen molar-refractivity contribution in [1.82, 2.24) is 10.9 Å². The van der Waals surface area contributed by atoms with Crippen molar-refractivity contribution in [2.24, 2.45) is 10.2 Å². The molecule has 0 fully saturated rings. The van der Waals surface area contributed by atoms with E-state index in [1.54, 1.807) is 0 Å². The summed E-state index contributed by atoms with van der Waals surface area (Å²) >= 11 is 0. The quantitative estimate of drug-likeness (QED) is 0.603. The third-order valence-electron chi connectivity index (χ3n) is 1.85. The number of hydrazone groups is 2. The molecule has 1 rings (SSSR count). The number of benzene rings is 1. The highest BCUT2D eigenvalue weighted by molar-refractivity contribution is 5.94. The maximum absolute atomic E-state index is 10.7. The second kappa shape index (κ2) is 6.95. The predicted molar refractivity (Wildman–Crippen MR) is 69.3 cm³/mol. The minimum absolute atomic E-state index is 0.240. The second-order valence-electron chi connectivity index (χ2n) is 3.48. The van der Waals surface area contributed by atoms with Gasteiger partial charge in [0.25, 0.3) is 0 Å². The maximum atomic E-state index is 10.7. The number of hydrogen-bond donors (Lipinski definition) is 2. The summed E-state index contributed by atoms with van der Waals surface area (Å²) in [7, 11) is 0. The van der Waals surface area contributed by atoms with Crippen LogP contribution in [0.25, 0.3) is 0 Å². The number of carbonyl (C=O) groups excluding carboxylic acids is 2. The van der Waals surface area contributed by atoms with Crippen LogP contribution in [0.2, 0.25) is 0 Å². The van der Waals surface area contributed by atoms with Crippen molar-refractivity contribution < 1.29 is 9.59 Å². The van der Waals surface area contributed by atoms with Crippen molar-refractivity contribution in [2.45, 2.75) is 13.8 Å². The van der Waals surface area contributed by atoms with E-state index in [0.717, 1.165) is 11.1 Å². The molecule has 0 atom stereocenters. The van der Waals surface area contributed by atoms with Gasteiger partial charge in [-0.1, -0.05) is 24.3 Å². The van der Waals surface area contributed by atoms with Gasteiger partial charge in [0, 0.05) is 25.0 Å². The molecule has 6 heteroatoms. The lowest BCUT2D eigenvalue weighted by atomic mass is 10.1. The Morgan fingerprint density at radius 2 is 1.33 bits per heavy atom. The highest BCUT2D eigenvalue weighted by Gasteiger charge is 1.96. The summed E-state index contributed by atoms with van der Waals surface area (Å²) < 4.78 is 0. The lowest BCUT2D eigenvalue weighted by molar-refractivity contribution is -0.119. The zero-order chi connectivity index (χ0) is 13.4. The summed E-state index contributed by atoms with van der Waals surface area (Å²) in [4.78, 5) is 21.3. The zero-order valence-electron chi connectivity index (χ0n) is 10.2. The first-order valence-electron chi connectivity index (χ1n) is 5.28. The van der Waals surface area contributed by atoms with E-state index in [9.17, 15) is 9.59 Å². The van der Waals surface area contributed by atoms with Crippen LogP contribution in [0.5, 0.6) is 0 Å². The first-order chi connectivity index (χ1) is 8.59. The smallest absolute Gasteiger partial charge is 0.236 e. The predicted octanol–water partition coefficient (Wildman–Crippen LogP) is 0.627. The van der Waals surface area contributed by atoms with Gasteiger partial charge in [-0.15, -0.1) is 0 Å². The minimum Gasteiger partial charge on any atom is -0.274 e. The van der Waals surface area contributed by atoms with Crippen molar-refractivity contribution in [2.75, 3.05) is 0 Å². The van der Waals surface area contributed by atoms with E-state index in [0.29, 0.717) is 0 Å². The monoisotopic (exact) mass is 246 g/mol. The third kappa shape index (κ3) is 5.02. The Bertz CT molecular complexity index is 450. The van der Waals surface area contributed by atoms with Crippen molar-refractivity contribution in [1.29, 1.82) is 0 Å². The standard InChI is InChI=1S/C12H14N4O2/c1-9(17)15-13-7-11-5-3-4-6-12(11)8-14-16-10(2)18/h3-8H,1-2H3,(H,15,17)(H,16,18). The van der Waals surface area contributed by atoms with E-state index in [2.05, 4.69) is 21.1 Å². The number of carbonyl (C=O) groups is 2. The molecule has 0 heterocycles. The Balaban J connectivity index is 2.79. The largest absolute Gasteiger partial charge is 0.274 e. The van der Waals surface area contributed by atoms with Crippen LogP contribution in [0.3, 0.4) is 0 Å². The minimum atomic E-state index is -0.240. The molecule has 1 aromatic rings. The second-order valence-corrected chi connectivity index (χ2v) is 3.48. The van der Waals surface area contributed by atoms with Gasteiger partial charge in [-0.3, -0.25) is 9.59 Å². The van der Waals surface area contributed by atoms with Gasteiger partial charge < -0.3 is 0 Å². The highest BCUT2D eigenvalue weighted by atomic mass is 16.2. The number of amides is 2. The molecule has 0 bridgehead atoms. The fourth-order valence-electron chi connectivity index (χ4n) is 1.13. The Hall–Kier alpha value is -2.50. The zero-order valence-corrected chi connectivity index (χ0v) is 10.2. The lowest BCUT2D eigenvalue weighted by Gasteiger charge is -1.99. The summed E-state index contributed by atoms with van der Waals surface area (Å²) in [5.74, 6) is -0.480. The van der Waals surface area contributed by atoms with Gasteiger partial charge >= 0.3 is 0 Å². The lowest BCUT2D eigenvalue weighted by Crippen LogP contribution is -2.13. The molecule has 18 heavy (non-hydrogen) atoms. The molecular weight excluding hydrogens is 232 g/mol. The van der Waals surface area contributed by atoms with Crippen molar-refractivity contribution in [3.63, 3.8) is 0 Å². The molecule has 0 saturated carbocycles. The molecule has 0 spiro atoms. The van der Waals surface area contributed by atoms with Crippen LogP contribution in [0, 0.1) is 0 Å². The van der Waals surface area contributed by atoms with Crippen LogP contribution >= 0.6 is 0 Å². The fourth-order valence-corrected chi connectivity index (χ4v) is 1.13. The van der Waals surface area contributed by atoms with Gasteiger partial charge in [0.2, 0.25) is 11.8 Å². The molecule has 6 nitrogen and oxygen atoms in total. The average Bonchev–Trinajstić information content (AvgIpc) is 2.30. The molecule has 0 radical (unpaired) electrons. The Morgan fingerprint density at radius 3 is 1.67 bits per heavy atom. The normalized spacial score (nSPS) is 10.8. The topological polar surface area (TPSA) is 82.9 Å². The molecule has 0 aliphatic heterocycles. The number of hydrogen-bond acceptors (Lipinski definition) is 4. The van der Waals surface area contributed by atoms with Gasteiger partial charge in [0.15, 0.2) is 0 Å². The number of rotatable bonds is 4. The summed E-state index contributed by atoms with van der Waals surface area (Å²) in [6.07, 6.45) is 3.02. The molecule has 0 saturated heterocycles. The van der Waals surface area contributed by atoms with Crippen LogP contribution in [0.4, 0.5) is 0 Å².